The van der Waals surface area contributed by atoms with Gasteiger partial charge in [0.1, 0.15) is 40.1 Å². The molecule has 14 rings (SSSR count). The second kappa shape index (κ2) is 32.3. The van der Waals surface area contributed by atoms with Crippen LogP contribution in [0, 0.1) is 0 Å². The van der Waals surface area contributed by atoms with Gasteiger partial charge in [-0.1, -0.05) is 112 Å². The lowest BCUT2D eigenvalue weighted by atomic mass is 10.1. The molecule has 0 unspecified atom stereocenters. The number of β-amino-alcohol motifs (C(OH)–C–C–N with tert-alkyl or cyclic N) is 1. The fraction of sp³-hybridized carbons (Fsp3) is 0.507. The first-order chi connectivity index (χ1) is 46.0. The molecule has 2 N–H and O–H groups in total. The van der Waals surface area contributed by atoms with Crippen molar-refractivity contribution >= 4 is 143 Å². The van der Waals surface area contributed by atoms with Gasteiger partial charge in [-0.05, 0) is 150 Å². The third-order valence-corrected chi connectivity index (χ3v) is 25.3. The largest absolute Gasteiger partial charge is 0.395 e. The number of pyridine rings is 6. The van der Waals surface area contributed by atoms with E-state index in [4.69, 9.17) is 34.6 Å². The number of hydrogen-bond acceptors (Lipinski definition) is 22. The van der Waals surface area contributed by atoms with E-state index in [1.165, 1.54) is 82.1 Å². The van der Waals surface area contributed by atoms with E-state index in [2.05, 4.69) is 144 Å². The van der Waals surface area contributed by atoms with Crippen LogP contribution in [-0.4, -0.2) is 142 Å². The minimum absolute atomic E-state index is 0.221. The maximum absolute atomic E-state index is 9.16. The summed E-state index contributed by atoms with van der Waals surface area (Å²) in [4.78, 5) is 37.8. The van der Waals surface area contributed by atoms with Crippen LogP contribution in [0.4, 0.5) is 27.7 Å². The number of aromatic nitrogens is 14. The van der Waals surface area contributed by atoms with Crippen molar-refractivity contribution in [2.75, 3.05) is 56.4 Å². The van der Waals surface area contributed by atoms with Crippen molar-refractivity contribution in [3.05, 3.63) is 114 Å². The first kappa shape index (κ1) is 69.1. The SMILES string of the molecule is C[Si](C)(C)CCOCN(c1ccc2ncc(Br)cc2n1)c1nnc(C2CCCC2)s1.C[Si](C)(C)CCOCn1nc(C2CCCC2)sc1=Nc1ccc2ncc(Br)cc2n1.OCCN1CCC(n2cc(-c3cnc4ccc(Nc5nnc(C6CCCC6)s5)nc4c3)cn2)CC1. The van der Waals surface area contributed by atoms with Crippen LogP contribution in [0.1, 0.15) is 129 Å². The Morgan fingerprint density at radius 2 is 1.20 bits per heavy atom. The average molecular weight is 1500 g/mol. The van der Waals surface area contributed by atoms with E-state index in [9.17, 15) is 0 Å². The van der Waals surface area contributed by atoms with Gasteiger partial charge in [0.2, 0.25) is 15.1 Å². The van der Waals surface area contributed by atoms with Gasteiger partial charge in [-0.3, -0.25) is 24.5 Å². The lowest BCUT2D eigenvalue weighted by molar-refractivity contribution is 0.0757. The average Bonchev–Trinajstić information content (AvgIpc) is 1.81. The molecule has 28 heteroatoms. The van der Waals surface area contributed by atoms with Gasteiger partial charge in [-0.15, -0.1) is 20.4 Å². The molecule has 3 aliphatic carbocycles. The van der Waals surface area contributed by atoms with Gasteiger partial charge in [-0.2, -0.15) is 15.2 Å². The summed E-state index contributed by atoms with van der Waals surface area (Å²) in [5, 5.41) is 44.9. The van der Waals surface area contributed by atoms with Crippen molar-refractivity contribution in [2.24, 2.45) is 4.99 Å². The molecule has 1 saturated heterocycles. The molecule has 4 aliphatic rings. The Kier molecular flexibility index (Phi) is 23.5. The minimum Gasteiger partial charge on any atom is -0.395 e. The van der Waals surface area contributed by atoms with Crippen molar-refractivity contribution in [1.82, 2.24) is 74.8 Å². The number of rotatable bonds is 22. The molecule has 0 atom stereocenters. The Morgan fingerprint density at radius 1 is 0.611 bits per heavy atom. The number of nitrogens with zero attached hydrogens (tertiary/aromatic N) is 17. The number of aliphatic hydroxyl groups excluding tert-OH is 1. The van der Waals surface area contributed by atoms with Crippen LogP contribution in [0.3, 0.4) is 0 Å². The Bertz CT molecular complexity index is 4220. The molecule has 0 bridgehead atoms. The highest BCUT2D eigenvalue weighted by Crippen LogP contribution is 2.40. The van der Waals surface area contributed by atoms with Crippen LogP contribution in [0.2, 0.25) is 51.4 Å². The Labute approximate surface area is 586 Å². The number of fused-ring (bicyclic) bond motifs is 3. The third kappa shape index (κ3) is 19.1. The van der Waals surface area contributed by atoms with Crippen molar-refractivity contribution in [3.8, 4) is 11.1 Å². The van der Waals surface area contributed by atoms with Gasteiger partial charge in [0, 0.05) is 112 Å². The van der Waals surface area contributed by atoms with Gasteiger partial charge in [0.15, 0.2) is 5.82 Å². The molecule has 0 radical (unpaired) electrons. The van der Waals surface area contributed by atoms with Crippen LogP contribution in [-0.2, 0) is 16.2 Å². The van der Waals surface area contributed by atoms with Crippen LogP contribution in [0.15, 0.2) is 99.5 Å². The Hall–Kier alpha value is -5.80. The van der Waals surface area contributed by atoms with Gasteiger partial charge in [0.05, 0.1) is 51.9 Å². The van der Waals surface area contributed by atoms with Gasteiger partial charge in [0.25, 0.3) is 0 Å². The molecular weight excluding hydrogens is 1420 g/mol. The molecule has 11 heterocycles. The minimum atomic E-state index is -1.14. The van der Waals surface area contributed by atoms with Crippen LogP contribution in [0.25, 0.3) is 44.2 Å². The second-order valence-corrected chi connectivity index (χ2v) is 43.6. The first-order valence-electron chi connectivity index (χ1n) is 33.5. The standard InChI is InChI=1S/C25H30N8OS.2C21H28BrN5OSSi/c34-12-11-32-9-7-20(8-10-32)33-16-19(15-27-33)18-13-22-21(26-14-18)5-6-23(28-22)29-25-31-30-24(35-25)17-3-1-2-4-17;1-30(2,3)11-10-28-14-27(21-26-25-20(29-21)15-6-4-5-7-15)19-9-8-17-18(24-19)12-16(22)13-23-17;1-30(2,3)11-10-28-14-27-21(29-20(26-27)15-6-4-5-7-15)25-19-9-8-17-18(24-19)12-16(22)13-23-17/h5-6,13-17,20,34H,1-4,7-12H2,(H,28,29,31);2*8-9,12-13,15H,4-7,10-11,14H2,1-3H3. The normalized spacial score (nSPS) is 16.5. The summed E-state index contributed by atoms with van der Waals surface area (Å²) in [6.07, 6.45) is 26.6. The highest BCUT2D eigenvalue weighted by Gasteiger charge is 2.27. The summed E-state index contributed by atoms with van der Waals surface area (Å²) in [6.45, 7) is 19.5. The number of aliphatic hydroxyl groups is 1. The second-order valence-electron chi connectivity index (χ2n) is 27.6. The highest BCUT2D eigenvalue weighted by molar-refractivity contribution is 9.10. The molecular formula is C67H86Br2N18O3S3Si2. The Morgan fingerprint density at radius 3 is 1.86 bits per heavy atom. The Balaban J connectivity index is 0.000000137. The molecule has 10 aromatic rings. The molecule has 3 saturated carbocycles. The summed E-state index contributed by atoms with van der Waals surface area (Å²) >= 11 is 11.9. The number of piperidine rings is 1. The smallest absolute Gasteiger partial charge is 0.215 e. The lowest BCUT2D eigenvalue weighted by Crippen LogP contribution is -2.36. The van der Waals surface area contributed by atoms with Crippen LogP contribution >= 0.6 is 65.9 Å². The van der Waals surface area contributed by atoms with Crippen molar-refractivity contribution in [3.63, 3.8) is 0 Å². The maximum atomic E-state index is 9.16. The van der Waals surface area contributed by atoms with Crippen molar-refractivity contribution < 1.29 is 14.6 Å². The predicted molar refractivity (Wildman–Crippen MR) is 394 cm³/mol. The molecule has 0 aromatic carbocycles. The van der Waals surface area contributed by atoms with Crippen molar-refractivity contribution in [1.29, 1.82) is 0 Å². The molecule has 10 aromatic heterocycles. The summed E-state index contributed by atoms with van der Waals surface area (Å²) in [7, 11) is -2.25. The number of anilines is 4. The summed E-state index contributed by atoms with van der Waals surface area (Å²) < 4.78 is 17.9. The van der Waals surface area contributed by atoms with E-state index in [1.807, 2.05) is 70.5 Å². The topological polar surface area (TPSA) is 234 Å². The maximum Gasteiger partial charge on any atom is 0.215 e. The zero-order valence-corrected chi connectivity index (χ0v) is 62.8. The molecule has 95 heavy (non-hydrogen) atoms. The van der Waals surface area contributed by atoms with E-state index in [-0.39, 0.29) is 6.61 Å². The van der Waals surface area contributed by atoms with E-state index in [0.29, 0.717) is 43.1 Å². The highest BCUT2D eigenvalue weighted by atomic mass is 79.9. The van der Waals surface area contributed by atoms with E-state index in [1.54, 1.807) is 46.4 Å². The van der Waals surface area contributed by atoms with E-state index < -0.39 is 16.1 Å². The number of likely N-dealkylation sites (tertiary alicyclic amines) is 1. The molecule has 1 aliphatic heterocycles. The van der Waals surface area contributed by atoms with Crippen molar-refractivity contribution in [2.45, 2.75) is 172 Å². The quantitative estimate of drug-likeness (QED) is 0.0365. The van der Waals surface area contributed by atoms with Gasteiger partial charge >= 0.3 is 0 Å². The monoisotopic (exact) mass is 1500 g/mol. The first-order valence-corrected chi connectivity index (χ1v) is 44.9. The van der Waals surface area contributed by atoms with Gasteiger partial charge < -0.3 is 24.8 Å². The van der Waals surface area contributed by atoms with Gasteiger partial charge in [-0.25, -0.2) is 19.6 Å². The third-order valence-electron chi connectivity index (χ3n) is 17.8. The fourth-order valence-electron chi connectivity index (χ4n) is 12.2. The number of ether oxygens (including phenoxy) is 2. The van der Waals surface area contributed by atoms with Crippen LogP contribution in [0.5, 0.6) is 0 Å². The number of hydrogen-bond donors (Lipinski definition) is 2. The summed E-state index contributed by atoms with van der Waals surface area (Å²) in [5.74, 6) is 3.89. The van der Waals surface area contributed by atoms with E-state index in [0.717, 1.165) is 148 Å². The predicted octanol–water partition coefficient (Wildman–Crippen LogP) is 16.6. The molecule has 0 spiro atoms. The van der Waals surface area contributed by atoms with Crippen LogP contribution < -0.4 is 15.0 Å². The molecule has 0 amide bonds. The van der Waals surface area contributed by atoms with E-state index >= 15 is 0 Å². The zero-order chi connectivity index (χ0) is 65.9. The lowest BCUT2D eigenvalue weighted by Gasteiger charge is -2.31. The number of nitrogens with one attached hydrogen (secondary N) is 1. The molecule has 4 fully saturated rings. The summed E-state index contributed by atoms with van der Waals surface area (Å²) in [6, 6.07) is 20.5. The fourth-order valence-corrected chi connectivity index (χ4v) is 17.4. The number of halogens is 2. The zero-order valence-electron chi connectivity index (χ0n) is 55.2. The summed E-state index contributed by atoms with van der Waals surface area (Å²) in [5.41, 5.74) is 7.12. The molecule has 502 valence electrons. The molecule has 21 nitrogen and oxygen atoms in total.